The molecule has 2 N–H and O–H groups in total. The molecule has 0 aliphatic heterocycles. The first-order valence-electron chi connectivity index (χ1n) is 7.06. The van der Waals surface area contributed by atoms with Gasteiger partial charge in [-0.15, -0.1) is 0 Å². The van der Waals surface area contributed by atoms with Gasteiger partial charge in [0.05, 0.1) is 6.04 Å². The second-order valence-corrected chi connectivity index (χ2v) is 5.62. The topological polar surface area (TPSA) is 66.4 Å². The molecule has 0 spiro atoms. The van der Waals surface area contributed by atoms with Gasteiger partial charge < -0.3 is 10.4 Å². The van der Waals surface area contributed by atoms with E-state index in [9.17, 15) is 14.0 Å². The zero-order valence-electron chi connectivity index (χ0n) is 12.6. The Morgan fingerprint density at radius 3 is 2.52 bits per heavy atom. The first-order valence-corrected chi connectivity index (χ1v) is 7.06. The molecule has 0 aliphatic carbocycles. The van der Waals surface area contributed by atoms with Crippen LogP contribution in [0.2, 0.25) is 0 Å². The lowest BCUT2D eigenvalue weighted by molar-refractivity contribution is -0.137. The fourth-order valence-electron chi connectivity index (χ4n) is 1.97. The number of halogens is 1. The third-order valence-electron chi connectivity index (χ3n) is 3.18. The molecule has 0 aliphatic rings. The number of nitrogens with one attached hydrogen (secondary N) is 1. The molecule has 1 atom stereocenters. The molecule has 0 amide bonds. The molecule has 0 saturated heterocycles. The maximum absolute atomic E-state index is 13.3. The van der Waals surface area contributed by atoms with Crippen molar-refractivity contribution in [3.8, 4) is 0 Å². The third kappa shape index (κ3) is 5.63. The normalized spacial score (nSPS) is 12.4. The van der Waals surface area contributed by atoms with E-state index >= 15 is 0 Å². The lowest BCUT2D eigenvalue weighted by Gasteiger charge is -2.18. The molecule has 1 aromatic rings. The van der Waals surface area contributed by atoms with Gasteiger partial charge in [-0.3, -0.25) is 9.59 Å². The van der Waals surface area contributed by atoms with E-state index in [-0.39, 0.29) is 24.4 Å². The summed E-state index contributed by atoms with van der Waals surface area (Å²) in [5.41, 5.74) is 0.808. The lowest BCUT2D eigenvalue weighted by atomic mass is 9.98. The van der Waals surface area contributed by atoms with E-state index in [0.29, 0.717) is 23.6 Å². The van der Waals surface area contributed by atoms with Gasteiger partial charge in [-0.05, 0) is 49.6 Å². The van der Waals surface area contributed by atoms with Crippen LogP contribution in [0.4, 0.5) is 4.39 Å². The minimum Gasteiger partial charge on any atom is -0.481 e. The van der Waals surface area contributed by atoms with Crippen LogP contribution in [0.3, 0.4) is 0 Å². The number of carboxylic acids is 1. The van der Waals surface area contributed by atoms with Gasteiger partial charge in [-0.1, -0.05) is 13.8 Å². The van der Waals surface area contributed by atoms with Crippen molar-refractivity contribution >= 4 is 11.8 Å². The second-order valence-electron chi connectivity index (χ2n) is 5.62. The molecule has 5 heteroatoms. The zero-order valence-corrected chi connectivity index (χ0v) is 12.6. The number of aliphatic carboxylic acids is 1. The van der Waals surface area contributed by atoms with Crippen molar-refractivity contribution in [2.45, 2.75) is 39.7 Å². The fraction of sp³-hybridized carbons (Fsp3) is 0.500. The van der Waals surface area contributed by atoms with E-state index in [2.05, 4.69) is 5.32 Å². The van der Waals surface area contributed by atoms with E-state index < -0.39 is 12.0 Å². The molecule has 0 radical (unpaired) electrons. The molecule has 1 aromatic carbocycles. The van der Waals surface area contributed by atoms with Crippen LogP contribution in [0.1, 0.15) is 42.6 Å². The van der Waals surface area contributed by atoms with Crippen molar-refractivity contribution in [1.29, 1.82) is 0 Å². The Hall–Kier alpha value is -1.75. The van der Waals surface area contributed by atoms with Crippen molar-refractivity contribution in [2.24, 2.45) is 5.92 Å². The second kappa shape index (κ2) is 7.88. The molecule has 0 aromatic heterocycles. The van der Waals surface area contributed by atoms with Gasteiger partial charge in [0.25, 0.3) is 0 Å². The number of carbonyl (C=O) groups is 2. The van der Waals surface area contributed by atoms with Crippen molar-refractivity contribution in [2.75, 3.05) is 6.54 Å². The number of benzene rings is 1. The lowest BCUT2D eigenvalue weighted by Crippen LogP contribution is -2.39. The average Bonchev–Trinajstić information content (AvgIpc) is 2.40. The van der Waals surface area contributed by atoms with Gasteiger partial charge in [0, 0.05) is 12.0 Å². The monoisotopic (exact) mass is 295 g/mol. The maximum atomic E-state index is 13.3. The van der Waals surface area contributed by atoms with Crippen LogP contribution in [0, 0.1) is 18.7 Å². The number of carboxylic acid groups (broad SMARTS) is 1. The standard InChI is InChI=1S/C16H22FNO3/c1-10(2)9-18-14(6-7-15(19)20)16(21)12-4-5-13(17)11(3)8-12/h4-5,8,10,14,18H,6-7,9H2,1-3H3,(H,19,20). The summed E-state index contributed by atoms with van der Waals surface area (Å²) in [6.07, 6.45) is 0.138. The van der Waals surface area contributed by atoms with Gasteiger partial charge in [0.2, 0.25) is 0 Å². The Kier molecular flexibility index (Phi) is 6.49. The first kappa shape index (κ1) is 17.3. The SMILES string of the molecule is Cc1cc(C(=O)C(CCC(=O)O)NCC(C)C)ccc1F. The van der Waals surface area contributed by atoms with E-state index in [1.807, 2.05) is 13.8 Å². The summed E-state index contributed by atoms with van der Waals surface area (Å²) in [5, 5.41) is 11.9. The van der Waals surface area contributed by atoms with Crippen LogP contribution in [0.15, 0.2) is 18.2 Å². The predicted octanol–water partition coefficient (Wildman–Crippen LogP) is 2.80. The van der Waals surface area contributed by atoms with Crippen molar-refractivity contribution in [1.82, 2.24) is 5.32 Å². The van der Waals surface area contributed by atoms with E-state index in [4.69, 9.17) is 5.11 Å². The molecule has 116 valence electrons. The van der Waals surface area contributed by atoms with Crippen LogP contribution >= 0.6 is 0 Å². The molecule has 0 bridgehead atoms. The van der Waals surface area contributed by atoms with Crippen LogP contribution in [0.5, 0.6) is 0 Å². The summed E-state index contributed by atoms with van der Waals surface area (Å²) in [6.45, 7) is 6.23. The Morgan fingerprint density at radius 2 is 2.00 bits per heavy atom. The van der Waals surface area contributed by atoms with Crippen molar-refractivity contribution in [3.63, 3.8) is 0 Å². The number of Topliss-reactive ketones (excluding diaryl/α,β-unsaturated/α-hetero) is 1. The Balaban J connectivity index is 2.86. The van der Waals surface area contributed by atoms with Crippen LogP contribution in [-0.4, -0.2) is 29.4 Å². The van der Waals surface area contributed by atoms with Crippen molar-refractivity contribution in [3.05, 3.63) is 35.1 Å². The Morgan fingerprint density at radius 1 is 1.33 bits per heavy atom. The van der Waals surface area contributed by atoms with E-state index in [1.54, 1.807) is 6.92 Å². The van der Waals surface area contributed by atoms with E-state index in [1.165, 1.54) is 18.2 Å². The highest BCUT2D eigenvalue weighted by molar-refractivity contribution is 6.00. The average molecular weight is 295 g/mol. The first-order chi connectivity index (χ1) is 9.81. The summed E-state index contributed by atoms with van der Waals surface area (Å²) in [5.74, 6) is -1.14. The summed E-state index contributed by atoms with van der Waals surface area (Å²) >= 11 is 0. The van der Waals surface area contributed by atoms with Gasteiger partial charge in [-0.25, -0.2) is 4.39 Å². The highest BCUT2D eigenvalue weighted by Crippen LogP contribution is 2.13. The number of hydrogen-bond donors (Lipinski definition) is 2. The maximum Gasteiger partial charge on any atom is 0.303 e. The summed E-state index contributed by atoms with van der Waals surface area (Å²) < 4.78 is 13.3. The largest absolute Gasteiger partial charge is 0.481 e. The molecule has 0 fully saturated rings. The molecular weight excluding hydrogens is 273 g/mol. The van der Waals surface area contributed by atoms with Gasteiger partial charge in [-0.2, -0.15) is 0 Å². The van der Waals surface area contributed by atoms with Gasteiger partial charge in [0.1, 0.15) is 5.82 Å². The Bertz CT molecular complexity index is 514. The summed E-state index contributed by atoms with van der Waals surface area (Å²) in [4.78, 5) is 23.2. The minimum atomic E-state index is -0.936. The highest BCUT2D eigenvalue weighted by atomic mass is 19.1. The molecule has 0 heterocycles. The molecule has 0 saturated carbocycles. The fourth-order valence-corrected chi connectivity index (χ4v) is 1.97. The summed E-state index contributed by atoms with van der Waals surface area (Å²) in [7, 11) is 0. The smallest absolute Gasteiger partial charge is 0.303 e. The van der Waals surface area contributed by atoms with Crippen LogP contribution in [-0.2, 0) is 4.79 Å². The zero-order chi connectivity index (χ0) is 16.0. The predicted molar refractivity (Wildman–Crippen MR) is 79.0 cm³/mol. The molecule has 21 heavy (non-hydrogen) atoms. The number of hydrogen-bond acceptors (Lipinski definition) is 3. The number of ketones is 1. The molecular formula is C16H22FNO3. The van der Waals surface area contributed by atoms with Crippen LogP contribution < -0.4 is 5.32 Å². The van der Waals surface area contributed by atoms with Crippen molar-refractivity contribution < 1.29 is 19.1 Å². The minimum absolute atomic E-state index is 0.0817. The molecule has 4 nitrogen and oxygen atoms in total. The Labute approximate surface area is 124 Å². The quantitative estimate of drug-likeness (QED) is 0.724. The third-order valence-corrected chi connectivity index (χ3v) is 3.18. The number of rotatable bonds is 8. The van der Waals surface area contributed by atoms with Gasteiger partial charge in [0.15, 0.2) is 5.78 Å². The summed E-state index contributed by atoms with van der Waals surface area (Å²) in [6, 6.07) is 3.64. The number of aryl methyl sites for hydroxylation is 1. The van der Waals surface area contributed by atoms with Crippen LogP contribution in [0.25, 0.3) is 0 Å². The number of carbonyl (C=O) groups excluding carboxylic acids is 1. The van der Waals surface area contributed by atoms with Gasteiger partial charge >= 0.3 is 5.97 Å². The molecule has 1 rings (SSSR count). The highest BCUT2D eigenvalue weighted by Gasteiger charge is 2.21. The molecule has 1 unspecified atom stereocenters. The van der Waals surface area contributed by atoms with E-state index in [0.717, 1.165) is 0 Å².